The largest absolute Gasteiger partial charge is 0.494 e. The lowest BCUT2D eigenvalue weighted by Crippen LogP contribution is -1.94. The first kappa shape index (κ1) is 17.2. The normalized spacial score (nSPS) is 11.3. The van der Waals surface area contributed by atoms with Crippen molar-refractivity contribution >= 4 is 34.4 Å². The van der Waals surface area contributed by atoms with E-state index in [1.807, 2.05) is 60.7 Å². The molecule has 0 aliphatic heterocycles. The van der Waals surface area contributed by atoms with Crippen LogP contribution in [-0.2, 0) is 6.61 Å². The summed E-state index contributed by atoms with van der Waals surface area (Å²) in [6.45, 7) is 0.521. The van der Waals surface area contributed by atoms with Crippen LogP contribution in [0.4, 0.5) is 5.69 Å². The van der Waals surface area contributed by atoms with Crippen LogP contribution >= 0.6 is 11.6 Å². The molecule has 2 N–H and O–H groups in total. The van der Waals surface area contributed by atoms with E-state index in [0.717, 1.165) is 27.9 Å². The SMILES string of the molecule is Oc1[nH]c2ccc(Cl)cc2c1C=Nc1ccc(OCc2ccccc2)cc1. The highest BCUT2D eigenvalue weighted by atomic mass is 35.5. The van der Waals surface area contributed by atoms with E-state index in [1.54, 1.807) is 18.3 Å². The highest BCUT2D eigenvalue weighted by Crippen LogP contribution is 2.29. The standard InChI is InChI=1S/C22H17ClN2O2/c23-16-6-11-21-19(12-16)20(22(26)25-21)13-24-17-7-9-18(10-8-17)27-14-15-4-2-1-3-5-15/h1-13,25-26H,14H2. The predicted octanol–water partition coefficient (Wildman–Crippen LogP) is 5.86. The summed E-state index contributed by atoms with van der Waals surface area (Å²) < 4.78 is 5.78. The zero-order valence-electron chi connectivity index (χ0n) is 14.4. The van der Waals surface area contributed by atoms with E-state index in [9.17, 15) is 5.11 Å². The zero-order chi connectivity index (χ0) is 18.6. The number of halogens is 1. The van der Waals surface area contributed by atoms with Gasteiger partial charge < -0.3 is 14.8 Å². The van der Waals surface area contributed by atoms with Gasteiger partial charge >= 0.3 is 0 Å². The lowest BCUT2D eigenvalue weighted by molar-refractivity contribution is 0.306. The molecule has 0 amide bonds. The molecule has 0 aliphatic rings. The molecule has 0 saturated carbocycles. The van der Waals surface area contributed by atoms with Crippen LogP contribution in [0.1, 0.15) is 11.1 Å². The number of fused-ring (bicyclic) bond motifs is 1. The van der Waals surface area contributed by atoms with Gasteiger partial charge in [-0.05, 0) is 48.0 Å². The first-order valence-corrected chi connectivity index (χ1v) is 8.88. The van der Waals surface area contributed by atoms with Crippen LogP contribution in [-0.4, -0.2) is 16.3 Å². The van der Waals surface area contributed by atoms with E-state index in [0.29, 0.717) is 17.2 Å². The van der Waals surface area contributed by atoms with Crippen molar-refractivity contribution in [2.45, 2.75) is 6.61 Å². The second-order valence-electron chi connectivity index (χ2n) is 6.10. The molecule has 134 valence electrons. The summed E-state index contributed by atoms with van der Waals surface area (Å²) >= 11 is 6.05. The van der Waals surface area contributed by atoms with Gasteiger partial charge in [0.15, 0.2) is 5.88 Å². The number of aromatic amines is 1. The Morgan fingerprint density at radius 1 is 1.00 bits per heavy atom. The molecule has 3 aromatic carbocycles. The van der Waals surface area contributed by atoms with Gasteiger partial charge in [0.05, 0.1) is 11.3 Å². The topological polar surface area (TPSA) is 57.6 Å². The fourth-order valence-corrected chi connectivity index (χ4v) is 2.98. The summed E-state index contributed by atoms with van der Waals surface area (Å²) in [5.74, 6) is 0.846. The van der Waals surface area contributed by atoms with Gasteiger partial charge in [-0.2, -0.15) is 0 Å². The van der Waals surface area contributed by atoms with Crippen LogP contribution < -0.4 is 4.74 Å². The van der Waals surface area contributed by atoms with Gasteiger partial charge in [0, 0.05) is 22.1 Å². The molecule has 0 radical (unpaired) electrons. The maximum absolute atomic E-state index is 10.1. The molecule has 0 aliphatic carbocycles. The van der Waals surface area contributed by atoms with Gasteiger partial charge in [-0.3, -0.25) is 4.99 Å². The van der Waals surface area contributed by atoms with Crippen LogP contribution in [0.5, 0.6) is 11.6 Å². The summed E-state index contributed by atoms with van der Waals surface area (Å²) in [5, 5.41) is 11.5. The van der Waals surface area contributed by atoms with Crippen LogP contribution in [0.15, 0.2) is 77.8 Å². The molecule has 1 heterocycles. The van der Waals surface area contributed by atoms with E-state index < -0.39 is 0 Å². The number of rotatable bonds is 5. The summed E-state index contributed by atoms with van der Waals surface area (Å²) in [6.07, 6.45) is 1.63. The summed E-state index contributed by atoms with van der Waals surface area (Å²) in [5.41, 5.74) is 3.30. The smallest absolute Gasteiger partial charge is 0.198 e. The first-order valence-electron chi connectivity index (χ1n) is 8.50. The number of aliphatic imine (C=N–C) groups is 1. The molecule has 4 rings (SSSR count). The van der Waals surface area contributed by atoms with Crippen molar-refractivity contribution in [1.29, 1.82) is 0 Å². The van der Waals surface area contributed by atoms with E-state index in [2.05, 4.69) is 9.98 Å². The molecule has 0 unspecified atom stereocenters. The van der Waals surface area contributed by atoms with Gasteiger partial charge in [-0.25, -0.2) is 0 Å². The number of aromatic nitrogens is 1. The van der Waals surface area contributed by atoms with Crippen molar-refractivity contribution in [2.24, 2.45) is 4.99 Å². The van der Waals surface area contributed by atoms with Crippen LogP contribution in [0, 0.1) is 0 Å². The Morgan fingerprint density at radius 3 is 2.56 bits per heavy atom. The number of hydrogen-bond donors (Lipinski definition) is 2. The van der Waals surface area contributed by atoms with E-state index >= 15 is 0 Å². The third-order valence-corrected chi connectivity index (χ3v) is 4.44. The average Bonchev–Trinajstić information content (AvgIpc) is 3.01. The molecule has 0 saturated heterocycles. The third kappa shape index (κ3) is 3.96. The summed E-state index contributed by atoms with van der Waals surface area (Å²) in [4.78, 5) is 7.36. The molecule has 0 spiro atoms. The average molecular weight is 377 g/mol. The van der Waals surface area contributed by atoms with Crippen molar-refractivity contribution in [3.63, 3.8) is 0 Å². The second-order valence-corrected chi connectivity index (χ2v) is 6.54. The Hall–Kier alpha value is -3.24. The third-order valence-electron chi connectivity index (χ3n) is 4.21. The van der Waals surface area contributed by atoms with Crippen LogP contribution in [0.25, 0.3) is 10.9 Å². The van der Waals surface area contributed by atoms with Gasteiger partial charge in [0.1, 0.15) is 12.4 Å². The van der Waals surface area contributed by atoms with Crippen LogP contribution in [0.3, 0.4) is 0 Å². The van der Waals surface area contributed by atoms with Gasteiger partial charge in [0.25, 0.3) is 0 Å². The zero-order valence-corrected chi connectivity index (χ0v) is 15.1. The lowest BCUT2D eigenvalue weighted by atomic mass is 10.2. The quantitative estimate of drug-likeness (QED) is 0.429. The molecule has 1 aromatic heterocycles. The minimum Gasteiger partial charge on any atom is -0.494 e. The molecule has 4 aromatic rings. The van der Waals surface area contributed by atoms with Gasteiger partial charge in [-0.1, -0.05) is 41.9 Å². The molecule has 27 heavy (non-hydrogen) atoms. The van der Waals surface area contributed by atoms with E-state index in [4.69, 9.17) is 16.3 Å². The number of H-pyrrole nitrogens is 1. The summed E-state index contributed by atoms with van der Waals surface area (Å²) in [7, 11) is 0. The Labute approximate surface area is 161 Å². The van der Waals surface area contributed by atoms with Crippen LogP contribution in [0.2, 0.25) is 5.02 Å². The Balaban J connectivity index is 1.48. The van der Waals surface area contributed by atoms with Crippen molar-refractivity contribution in [3.8, 4) is 11.6 Å². The molecular weight excluding hydrogens is 360 g/mol. The second kappa shape index (κ2) is 7.56. The van der Waals surface area contributed by atoms with Crippen molar-refractivity contribution in [2.75, 3.05) is 0 Å². The lowest BCUT2D eigenvalue weighted by Gasteiger charge is -2.06. The number of hydrogen-bond acceptors (Lipinski definition) is 3. The number of aromatic hydroxyl groups is 1. The van der Waals surface area contributed by atoms with E-state index in [1.165, 1.54) is 0 Å². The Bertz CT molecular complexity index is 1090. The molecule has 0 atom stereocenters. The number of benzene rings is 3. The fraction of sp³-hybridized carbons (Fsp3) is 0.0455. The maximum atomic E-state index is 10.1. The maximum Gasteiger partial charge on any atom is 0.198 e. The van der Waals surface area contributed by atoms with Gasteiger partial charge in [0.2, 0.25) is 0 Å². The Morgan fingerprint density at radius 2 is 1.78 bits per heavy atom. The van der Waals surface area contributed by atoms with Crippen molar-refractivity contribution in [3.05, 3.63) is 88.9 Å². The monoisotopic (exact) mass is 376 g/mol. The fourth-order valence-electron chi connectivity index (χ4n) is 2.81. The predicted molar refractivity (Wildman–Crippen MR) is 109 cm³/mol. The minimum atomic E-state index is 0.0684. The molecule has 5 heteroatoms. The highest BCUT2D eigenvalue weighted by Gasteiger charge is 2.09. The molecule has 4 nitrogen and oxygen atoms in total. The van der Waals surface area contributed by atoms with Crippen molar-refractivity contribution in [1.82, 2.24) is 4.98 Å². The highest BCUT2D eigenvalue weighted by molar-refractivity contribution is 6.31. The van der Waals surface area contributed by atoms with E-state index in [-0.39, 0.29) is 5.88 Å². The minimum absolute atomic E-state index is 0.0684. The summed E-state index contributed by atoms with van der Waals surface area (Å²) in [6, 6.07) is 22.9. The number of nitrogens with zero attached hydrogens (tertiary/aromatic N) is 1. The first-order chi connectivity index (χ1) is 13.2. The molecule has 0 bridgehead atoms. The van der Waals surface area contributed by atoms with Gasteiger partial charge in [-0.15, -0.1) is 0 Å². The number of nitrogens with one attached hydrogen (secondary N) is 1. The van der Waals surface area contributed by atoms with Crippen molar-refractivity contribution < 1.29 is 9.84 Å². The Kier molecular flexibility index (Phi) is 4.81. The molecule has 0 fully saturated rings. The molecular formula is C22H17ClN2O2. The number of ether oxygens (including phenoxy) is 1.